The van der Waals surface area contributed by atoms with Crippen LogP contribution < -0.4 is 9.47 Å². The Balaban J connectivity index is 1.33. The summed E-state index contributed by atoms with van der Waals surface area (Å²) >= 11 is 5.93. The number of nitrogens with zero attached hydrogens (tertiary/aromatic N) is 1. The maximum atomic E-state index is 12.9. The van der Waals surface area contributed by atoms with Gasteiger partial charge in [-0.25, -0.2) is 0 Å². The van der Waals surface area contributed by atoms with Gasteiger partial charge in [0.2, 0.25) is 5.91 Å². The minimum absolute atomic E-state index is 0.131. The van der Waals surface area contributed by atoms with Gasteiger partial charge in [-0.2, -0.15) is 0 Å². The van der Waals surface area contributed by atoms with E-state index in [1.807, 2.05) is 65.6 Å². The van der Waals surface area contributed by atoms with Crippen molar-refractivity contribution in [3.8, 4) is 11.5 Å². The minimum Gasteiger partial charge on any atom is -0.497 e. The SMILES string of the molecule is COc1ccc(CCC(=O)N2CCOc3ccc(COCc4ccc(Cl)cc4)cc3C2)cc1. The van der Waals surface area contributed by atoms with Gasteiger partial charge in [-0.15, -0.1) is 0 Å². The van der Waals surface area contributed by atoms with E-state index in [0.717, 1.165) is 33.8 Å². The van der Waals surface area contributed by atoms with Gasteiger partial charge in [-0.1, -0.05) is 41.9 Å². The van der Waals surface area contributed by atoms with E-state index < -0.39 is 0 Å². The molecule has 0 fully saturated rings. The van der Waals surface area contributed by atoms with Crippen LogP contribution in [0.2, 0.25) is 5.02 Å². The van der Waals surface area contributed by atoms with E-state index in [4.69, 9.17) is 25.8 Å². The van der Waals surface area contributed by atoms with E-state index in [-0.39, 0.29) is 5.91 Å². The van der Waals surface area contributed by atoms with Gasteiger partial charge >= 0.3 is 0 Å². The summed E-state index contributed by atoms with van der Waals surface area (Å²) in [6, 6.07) is 21.6. The number of benzene rings is 3. The molecule has 0 unspecified atom stereocenters. The number of amides is 1. The maximum Gasteiger partial charge on any atom is 0.223 e. The van der Waals surface area contributed by atoms with Crippen LogP contribution in [0.25, 0.3) is 0 Å². The lowest BCUT2D eigenvalue weighted by Gasteiger charge is -2.20. The molecule has 1 amide bonds. The summed E-state index contributed by atoms with van der Waals surface area (Å²) in [6.07, 6.45) is 1.16. The van der Waals surface area contributed by atoms with Crippen molar-refractivity contribution in [3.05, 3.63) is 94.0 Å². The molecule has 0 aromatic heterocycles. The van der Waals surface area contributed by atoms with Crippen LogP contribution in [0, 0.1) is 0 Å². The zero-order valence-electron chi connectivity index (χ0n) is 18.8. The predicted molar refractivity (Wildman–Crippen MR) is 129 cm³/mol. The average molecular weight is 466 g/mol. The molecule has 4 rings (SSSR count). The molecular weight excluding hydrogens is 438 g/mol. The second-order valence-electron chi connectivity index (χ2n) is 8.07. The summed E-state index contributed by atoms with van der Waals surface area (Å²) in [5, 5.41) is 0.715. The fourth-order valence-corrected chi connectivity index (χ4v) is 3.95. The van der Waals surface area contributed by atoms with Crippen LogP contribution in [0.5, 0.6) is 11.5 Å². The number of methoxy groups -OCH3 is 1. The predicted octanol–water partition coefficient (Wildman–Crippen LogP) is 5.42. The Morgan fingerprint density at radius 3 is 2.42 bits per heavy atom. The average Bonchev–Trinajstić information content (AvgIpc) is 3.06. The maximum absolute atomic E-state index is 12.9. The minimum atomic E-state index is 0.131. The molecule has 0 N–H and O–H groups in total. The van der Waals surface area contributed by atoms with Crippen molar-refractivity contribution >= 4 is 17.5 Å². The molecule has 0 saturated heterocycles. The van der Waals surface area contributed by atoms with Gasteiger partial charge in [0.25, 0.3) is 0 Å². The number of carbonyl (C=O) groups is 1. The lowest BCUT2D eigenvalue weighted by atomic mass is 10.1. The molecular formula is C27H28ClNO4. The Hall–Kier alpha value is -3.02. The number of rotatable bonds is 8. The Labute approximate surface area is 199 Å². The molecule has 172 valence electrons. The van der Waals surface area contributed by atoms with Gasteiger partial charge in [0.15, 0.2) is 0 Å². The summed E-state index contributed by atoms with van der Waals surface area (Å²) in [6.45, 7) is 2.62. The highest BCUT2D eigenvalue weighted by Gasteiger charge is 2.20. The molecule has 0 radical (unpaired) electrons. The summed E-state index contributed by atoms with van der Waals surface area (Å²) in [7, 11) is 1.65. The van der Waals surface area contributed by atoms with Crippen LogP contribution in [0.15, 0.2) is 66.7 Å². The van der Waals surface area contributed by atoms with E-state index in [0.29, 0.717) is 50.8 Å². The number of halogens is 1. The number of hydrogen-bond acceptors (Lipinski definition) is 4. The molecule has 3 aromatic carbocycles. The first-order valence-electron chi connectivity index (χ1n) is 11.1. The summed E-state index contributed by atoms with van der Waals surface area (Å²) in [5.41, 5.74) is 4.26. The number of fused-ring (bicyclic) bond motifs is 1. The fraction of sp³-hybridized carbons (Fsp3) is 0.296. The highest BCUT2D eigenvalue weighted by atomic mass is 35.5. The van der Waals surface area contributed by atoms with E-state index in [2.05, 4.69) is 6.07 Å². The first-order chi connectivity index (χ1) is 16.1. The topological polar surface area (TPSA) is 48.0 Å². The fourth-order valence-electron chi connectivity index (χ4n) is 3.82. The van der Waals surface area contributed by atoms with E-state index in [1.165, 1.54) is 0 Å². The van der Waals surface area contributed by atoms with E-state index in [1.54, 1.807) is 7.11 Å². The van der Waals surface area contributed by atoms with Crippen molar-refractivity contribution < 1.29 is 19.0 Å². The standard InChI is InChI=1S/C27H28ClNO4/c1-31-25-10-4-20(5-11-25)7-13-27(30)29-14-15-33-26-12-6-22(16-23(26)17-29)19-32-18-21-2-8-24(28)9-3-21/h2-6,8-12,16H,7,13-15,17-19H2,1H3. The lowest BCUT2D eigenvalue weighted by molar-refractivity contribution is -0.131. The van der Waals surface area contributed by atoms with Crippen LogP contribution in [0.4, 0.5) is 0 Å². The van der Waals surface area contributed by atoms with Gasteiger partial charge < -0.3 is 19.1 Å². The molecule has 0 bridgehead atoms. The smallest absolute Gasteiger partial charge is 0.223 e. The first-order valence-corrected chi connectivity index (χ1v) is 11.5. The first kappa shape index (κ1) is 23.1. The Kier molecular flexibility index (Phi) is 7.87. The zero-order valence-corrected chi connectivity index (χ0v) is 19.5. The van der Waals surface area contributed by atoms with Crippen LogP contribution in [-0.2, 0) is 35.7 Å². The normalized spacial score (nSPS) is 13.1. The van der Waals surface area contributed by atoms with Crippen molar-refractivity contribution in [2.24, 2.45) is 0 Å². The van der Waals surface area contributed by atoms with Crippen molar-refractivity contribution in [1.29, 1.82) is 0 Å². The Bertz CT molecular complexity index is 1070. The molecule has 5 nitrogen and oxygen atoms in total. The number of ether oxygens (including phenoxy) is 3. The third-order valence-corrected chi connectivity index (χ3v) is 5.95. The molecule has 0 atom stereocenters. The largest absolute Gasteiger partial charge is 0.497 e. The second-order valence-corrected chi connectivity index (χ2v) is 8.51. The third-order valence-electron chi connectivity index (χ3n) is 5.69. The summed E-state index contributed by atoms with van der Waals surface area (Å²) < 4.78 is 17.0. The third kappa shape index (κ3) is 6.50. The van der Waals surface area contributed by atoms with E-state index >= 15 is 0 Å². The second kappa shape index (κ2) is 11.2. The van der Waals surface area contributed by atoms with Gasteiger partial charge in [-0.3, -0.25) is 4.79 Å². The molecule has 1 aliphatic rings. The van der Waals surface area contributed by atoms with Crippen LogP contribution >= 0.6 is 11.6 Å². The molecule has 0 saturated carbocycles. The quantitative estimate of drug-likeness (QED) is 0.445. The molecule has 0 spiro atoms. The highest BCUT2D eigenvalue weighted by Crippen LogP contribution is 2.25. The monoisotopic (exact) mass is 465 g/mol. The summed E-state index contributed by atoms with van der Waals surface area (Å²) in [5.74, 6) is 1.79. The number of carbonyl (C=O) groups excluding carboxylic acids is 1. The zero-order chi connectivity index (χ0) is 23.0. The van der Waals surface area contributed by atoms with Crippen molar-refractivity contribution in [3.63, 3.8) is 0 Å². The van der Waals surface area contributed by atoms with Crippen LogP contribution in [0.1, 0.15) is 28.7 Å². The Morgan fingerprint density at radius 2 is 1.67 bits per heavy atom. The summed E-state index contributed by atoms with van der Waals surface area (Å²) in [4.78, 5) is 14.8. The highest BCUT2D eigenvalue weighted by molar-refractivity contribution is 6.30. The number of hydrogen-bond donors (Lipinski definition) is 0. The van der Waals surface area contributed by atoms with Crippen LogP contribution in [-0.4, -0.2) is 31.1 Å². The molecule has 33 heavy (non-hydrogen) atoms. The van der Waals surface area contributed by atoms with Crippen molar-refractivity contribution in [2.75, 3.05) is 20.3 Å². The van der Waals surface area contributed by atoms with Gasteiger partial charge in [0.05, 0.1) is 26.9 Å². The van der Waals surface area contributed by atoms with Crippen LogP contribution in [0.3, 0.4) is 0 Å². The molecule has 0 aliphatic carbocycles. The lowest BCUT2D eigenvalue weighted by Crippen LogP contribution is -2.32. The molecule has 3 aromatic rings. The van der Waals surface area contributed by atoms with Crippen molar-refractivity contribution in [2.45, 2.75) is 32.6 Å². The Morgan fingerprint density at radius 1 is 0.970 bits per heavy atom. The van der Waals surface area contributed by atoms with Gasteiger partial charge in [-0.05, 0) is 59.5 Å². The number of aryl methyl sites for hydroxylation is 1. The molecule has 1 aliphatic heterocycles. The van der Waals surface area contributed by atoms with Gasteiger partial charge in [0, 0.05) is 23.6 Å². The van der Waals surface area contributed by atoms with E-state index in [9.17, 15) is 4.79 Å². The van der Waals surface area contributed by atoms with Gasteiger partial charge in [0.1, 0.15) is 18.1 Å². The molecule has 1 heterocycles. The molecule has 6 heteroatoms. The van der Waals surface area contributed by atoms with Crippen molar-refractivity contribution in [1.82, 2.24) is 4.90 Å².